The van der Waals surface area contributed by atoms with E-state index in [0.717, 1.165) is 31.7 Å². The summed E-state index contributed by atoms with van der Waals surface area (Å²) in [6.45, 7) is 3.74. The number of anilines is 1. The maximum atomic E-state index is 5.99. The van der Waals surface area contributed by atoms with Crippen molar-refractivity contribution >= 4 is 29.2 Å². The summed E-state index contributed by atoms with van der Waals surface area (Å²) < 4.78 is 5.33. The molecule has 0 bridgehead atoms. The van der Waals surface area contributed by atoms with E-state index in [9.17, 15) is 0 Å². The Labute approximate surface area is 127 Å². The molecular weight excluding hydrogens is 299 g/mol. The predicted molar refractivity (Wildman–Crippen MR) is 79.5 cm³/mol. The molecule has 0 aliphatic carbocycles. The van der Waals surface area contributed by atoms with Crippen LogP contribution in [0.3, 0.4) is 0 Å². The van der Waals surface area contributed by atoms with E-state index in [2.05, 4.69) is 27.0 Å². The Morgan fingerprint density at radius 3 is 2.35 bits per heavy atom. The lowest BCUT2D eigenvalue weighted by Crippen LogP contribution is -2.44. The minimum atomic E-state index is 0.503. The van der Waals surface area contributed by atoms with Crippen LogP contribution in [0.1, 0.15) is 0 Å². The van der Waals surface area contributed by atoms with Gasteiger partial charge in [0.15, 0.2) is 0 Å². The molecule has 0 unspecified atom stereocenters. The fourth-order valence-electron chi connectivity index (χ4n) is 2.14. The first-order valence-corrected chi connectivity index (χ1v) is 7.11. The summed E-state index contributed by atoms with van der Waals surface area (Å²) >= 11 is 12.0. The number of hydrogen-bond donors (Lipinski definition) is 0. The maximum absolute atomic E-state index is 5.99. The number of nitrogens with zero attached hydrogens (tertiary/aromatic N) is 4. The summed E-state index contributed by atoms with van der Waals surface area (Å²) in [5.41, 5.74) is 0.756. The zero-order valence-corrected chi connectivity index (χ0v) is 12.5. The fourth-order valence-corrected chi connectivity index (χ4v) is 2.67. The zero-order valence-electron chi connectivity index (χ0n) is 11.0. The van der Waals surface area contributed by atoms with E-state index in [1.165, 1.54) is 0 Å². The summed E-state index contributed by atoms with van der Waals surface area (Å²) in [7, 11) is 2.10. The Hall–Kier alpha value is -1.30. The normalized spacial score (nSPS) is 16.6. The van der Waals surface area contributed by atoms with Crippen LogP contribution in [0.4, 0.5) is 6.01 Å². The third-order valence-corrected chi connectivity index (χ3v) is 3.75. The molecule has 0 radical (unpaired) electrons. The zero-order chi connectivity index (χ0) is 14.1. The number of piperazine rings is 1. The molecule has 2 heterocycles. The van der Waals surface area contributed by atoms with Crippen LogP contribution in [0.15, 0.2) is 22.7 Å². The standard InChI is InChI=1S/C13H14Cl2N4O/c1-18-2-4-19(5-3-18)13-16-12(17-20-13)9-6-10(14)8-11(15)7-9/h6-8H,2-5H2,1H3. The Balaban J connectivity index is 1.83. The number of aromatic nitrogens is 2. The van der Waals surface area contributed by atoms with Gasteiger partial charge in [0.25, 0.3) is 0 Å². The largest absolute Gasteiger partial charge is 0.324 e. The highest BCUT2D eigenvalue weighted by molar-refractivity contribution is 6.35. The second-order valence-electron chi connectivity index (χ2n) is 4.85. The third-order valence-electron chi connectivity index (χ3n) is 3.31. The van der Waals surface area contributed by atoms with Crippen molar-refractivity contribution in [1.29, 1.82) is 0 Å². The molecule has 1 aromatic heterocycles. The van der Waals surface area contributed by atoms with Gasteiger partial charge in [-0.05, 0) is 25.2 Å². The van der Waals surface area contributed by atoms with Crippen molar-refractivity contribution in [1.82, 2.24) is 15.0 Å². The molecule has 1 fully saturated rings. The Kier molecular flexibility index (Phi) is 3.83. The van der Waals surface area contributed by atoms with Crippen LogP contribution in [0.2, 0.25) is 10.0 Å². The van der Waals surface area contributed by atoms with Crippen LogP contribution >= 0.6 is 23.2 Å². The first kappa shape index (κ1) is 13.7. The Morgan fingerprint density at radius 2 is 1.70 bits per heavy atom. The average Bonchev–Trinajstić information content (AvgIpc) is 2.88. The Bertz CT molecular complexity index is 588. The van der Waals surface area contributed by atoms with E-state index in [1.807, 2.05) is 0 Å². The molecule has 3 rings (SSSR count). The van der Waals surface area contributed by atoms with E-state index in [4.69, 9.17) is 27.7 Å². The number of rotatable bonds is 2. The highest BCUT2D eigenvalue weighted by Crippen LogP contribution is 2.26. The van der Waals surface area contributed by atoms with Gasteiger partial charge in [0.05, 0.1) is 0 Å². The van der Waals surface area contributed by atoms with Gasteiger partial charge in [-0.1, -0.05) is 28.4 Å². The van der Waals surface area contributed by atoms with E-state index >= 15 is 0 Å². The minimum absolute atomic E-state index is 0.503. The number of likely N-dealkylation sites (N-methyl/N-ethyl adjacent to an activating group) is 1. The molecule has 1 saturated heterocycles. The molecule has 0 amide bonds. The molecule has 5 nitrogen and oxygen atoms in total. The summed E-state index contributed by atoms with van der Waals surface area (Å²) in [6, 6.07) is 5.76. The first-order chi connectivity index (χ1) is 9.61. The molecule has 1 aromatic carbocycles. The second kappa shape index (κ2) is 5.60. The molecule has 2 aromatic rings. The molecule has 7 heteroatoms. The minimum Gasteiger partial charge on any atom is -0.322 e. The highest BCUT2D eigenvalue weighted by atomic mass is 35.5. The van der Waals surface area contributed by atoms with Gasteiger partial charge in [-0.25, -0.2) is 0 Å². The summed E-state index contributed by atoms with van der Waals surface area (Å²) in [6.07, 6.45) is 0. The molecule has 1 aliphatic rings. The predicted octanol–water partition coefficient (Wildman–Crippen LogP) is 2.80. The third kappa shape index (κ3) is 2.90. The van der Waals surface area contributed by atoms with Crippen molar-refractivity contribution in [2.24, 2.45) is 0 Å². The van der Waals surface area contributed by atoms with Gasteiger partial charge in [0.1, 0.15) is 0 Å². The van der Waals surface area contributed by atoms with E-state index in [0.29, 0.717) is 21.9 Å². The van der Waals surface area contributed by atoms with Crippen LogP contribution in [0, 0.1) is 0 Å². The molecule has 0 N–H and O–H groups in total. The van der Waals surface area contributed by atoms with Crippen LogP contribution in [0.5, 0.6) is 0 Å². The monoisotopic (exact) mass is 312 g/mol. The average molecular weight is 313 g/mol. The van der Waals surface area contributed by atoms with Gasteiger partial charge in [0, 0.05) is 41.8 Å². The topological polar surface area (TPSA) is 45.4 Å². The van der Waals surface area contributed by atoms with E-state index < -0.39 is 0 Å². The first-order valence-electron chi connectivity index (χ1n) is 6.35. The molecule has 1 aliphatic heterocycles. The van der Waals surface area contributed by atoms with Gasteiger partial charge in [0.2, 0.25) is 5.82 Å². The molecule has 106 valence electrons. The van der Waals surface area contributed by atoms with Gasteiger partial charge in [-0.15, -0.1) is 0 Å². The van der Waals surface area contributed by atoms with Gasteiger partial charge in [-0.2, -0.15) is 4.98 Å². The Morgan fingerprint density at radius 1 is 1.05 bits per heavy atom. The molecule has 0 saturated carbocycles. The lowest BCUT2D eigenvalue weighted by molar-refractivity contribution is 0.298. The van der Waals surface area contributed by atoms with E-state index in [-0.39, 0.29) is 0 Å². The van der Waals surface area contributed by atoms with Crippen molar-refractivity contribution in [3.63, 3.8) is 0 Å². The smallest absolute Gasteiger partial charge is 0.322 e. The SMILES string of the molecule is CN1CCN(c2nc(-c3cc(Cl)cc(Cl)c3)no2)CC1. The van der Waals surface area contributed by atoms with Crippen molar-refractivity contribution in [3.8, 4) is 11.4 Å². The fraction of sp³-hybridized carbons (Fsp3) is 0.385. The number of hydrogen-bond acceptors (Lipinski definition) is 5. The summed E-state index contributed by atoms with van der Waals surface area (Å²) in [4.78, 5) is 8.78. The van der Waals surface area contributed by atoms with Gasteiger partial charge in [-0.3, -0.25) is 0 Å². The second-order valence-corrected chi connectivity index (χ2v) is 5.72. The maximum Gasteiger partial charge on any atom is 0.324 e. The lowest BCUT2D eigenvalue weighted by Gasteiger charge is -2.30. The number of benzene rings is 1. The van der Waals surface area contributed by atoms with Crippen LogP contribution < -0.4 is 4.90 Å². The van der Waals surface area contributed by atoms with Crippen molar-refractivity contribution in [2.75, 3.05) is 38.1 Å². The highest BCUT2D eigenvalue weighted by Gasteiger charge is 2.20. The summed E-state index contributed by atoms with van der Waals surface area (Å²) in [5, 5.41) is 5.11. The van der Waals surface area contributed by atoms with Gasteiger partial charge < -0.3 is 14.3 Å². The van der Waals surface area contributed by atoms with Crippen LogP contribution in [-0.4, -0.2) is 48.3 Å². The molecule has 20 heavy (non-hydrogen) atoms. The summed E-state index contributed by atoms with van der Waals surface area (Å²) in [5.74, 6) is 0.503. The quantitative estimate of drug-likeness (QED) is 0.853. The van der Waals surface area contributed by atoms with Crippen LogP contribution in [-0.2, 0) is 0 Å². The number of halogens is 2. The van der Waals surface area contributed by atoms with Gasteiger partial charge >= 0.3 is 6.01 Å². The van der Waals surface area contributed by atoms with Crippen molar-refractivity contribution in [2.45, 2.75) is 0 Å². The van der Waals surface area contributed by atoms with E-state index in [1.54, 1.807) is 18.2 Å². The lowest BCUT2D eigenvalue weighted by atomic mass is 10.2. The van der Waals surface area contributed by atoms with Crippen molar-refractivity contribution < 1.29 is 4.52 Å². The molecular formula is C13H14Cl2N4O. The van der Waals surface area contributed by atoms with Crippen LogP contribution in [0.25, 0.3) is 11.4 Å². The molecule has 0 spiro atoms. The molecule has 0 atom stereocenters. The van der Waals surface area contributed by atoms with Crippen molar-refractivity contribution in [3.05, 3.63) is 28.2 Å².